The minimum absolute atomic E-state index is 0.00112. The summed E-state index contributed by atoms with van der Waals surface area (Å²) in [5, 5.41) is 0. The molecule has 0 aliphatic carbocycles. The van der Waals surface area contributed by atoms with Crippen molar-refractivity contribution in [3.05, 3.63) is 184 Å². The van der Waals surface area contributed by atoms with Gasteiger partial charge in [-0.1, -0.05) is 90.6 Å². The molecule has 0 heterocycles. The van der Waals surface area contributed by atoms with Crippen molar-refractivity contribution in [2.24, 2.45) is 0 Å². The van der Waals surface area contributed by atoms with E-state index in [-0.39, 0.29) is 22.5 Å². The first-order valence-electron chi connectivity index (χ1n) is 13.7. The Morgan fingerprint density at radius 1 is 0.465 bits per heavy atom. The smallest absolute Gasteiger partial charge is 0.194 e. The topological polar surface area (TPSA) is 34.1 Å². The first-order chi connectivity index (χ1) is 21.1. The van der Waals surface area contributed by atoms with E-state index < -0.39 is 0 Å². The number of carbonyl (C=O) groups excluding carboxylic acids is 2. The van der Waals surface area contributed by atoms with Crippen LogP contribution in [0.5, 0.6) is 0 Å². The van der Waals surface area contributed by atoms with E-state index in [1.807, 2.05) is 97.1 Å². The van der Waals surface area contributed by atoms with Gasteiger partial charge in [0.2, 0.25) is 0 Å². The summed E-state index contributed by atoms with van der Waals surface area (Å²) in [5.74, 6) is 0.0241. The molecule has 1 atom stereocenters. The molecule has 1 unspecified atom stereocenters. The molecule has 0 saturated carbocycles. The molecule has 0 aliphatic rings. The van der Waals surface area contributed by atoms with Crippen molar-refractivity contribution in [1.29, 1.82) is 0 Å². The summed E-state index contributed by atoms with van der Waals surface area (Å²) in [6.45, 7) is 0. The quantitative estimate of drug-likeness (QED) is 0.115. The summed E-state index contributed by atoms with van der Waals surface area (Å²) in [5.41, 5.74) is 2.69. The molecule has 0 saturated heterocycles. The number of rotatable bonds is 9. The highest BCUT2D eigenvalue weighted by Crippen LogP contribution is 2.35. The van der Waals surface area contributed by atoms with Gasteiger partial charge in [0.15, 0.2) is 26.3 Å². The van der Waals surface area contributed by atoms with Gasteiger partial charge >= 0.3 is 0 Å². The lowest BCUT2D eigenvalue weighted by molar-refractivity contribution is 0.103. The molecule has 208 valence electrons. The standard InChI is InChI=1S/C38H26BrO2S2/c39-36-26-31(20-25-35(36)38(41)28-12-6-2-7-13-28)42-30-18-23-34(24-19-30)43(32-14-8-3-9-15-32)33-21-16-29(17-22-33)37(40)27-10-4-1-5-11-27/h1-26H/q+1. The summed E-state index contributed by atoms with van der Waals surface area (Å²) >= 11 is 5.27. The highest BCUT2D eigenvalue weighted by molar-refractivity contribution is 9.10. The van der Waals surface area contributed by atoms with Crippen molar-refractivity contribution in [1.82, 2.24) is 0 Å². The molecule has 6 aromatic rings. The van der Waals surface area contributed by atoms with E-state index >= 15 is 0 Å². The third-order valence-electron chi connectivity index (χ3n) is 6.88. The maximum atomic E-state index is 13.0. The van der Waals surface area contributed by atoms with Crippen LogP contribution in [0.1, 0.15) is 31.8 Å². The number of hydrogen-bond acceptors (Lipinski definition) is 3. The van der Waals surface area contributed by atoms with Gasteiger partial charge in [-0.2, -0.15) is 0 Å². The monoisotopic (exact) mass is 657 g/mol. The number of hydrogen-bond donors (Lipinski definition) is 0. The van der Waals surface area contributed by atoms with Crippen LogP contribution in [0.15, 0.2) is 187 Å². The molecule has 0 bridgehead atoms. The molecule has 0 fully saturated rings. The lowest BCUT2D eigenvalue weighted by Crippen LogP contribution is -2.06. The Morgan fingerprint density at radius 3 is 1.47 bits per heavy atom. The van der Waals surface area contributed by atoms with Gasteiger partial charge in [0.25, 0.3) is 0 Å². The normalized spacial score (nSPS) is 11.6. The number of ketones is 2. The van der Waals surface area contributed by atoms with Gasteiger partial charge < -0.3 is 0 Å². The summed E-state index contributed by atoms with van der Waals surface area (Å²) < 4.78 is 0.780. The van der Waals surface area contributed by atoms with Crippen LogP contribution in [0.25, 0.3) is 0 Å². The van der Waals surface area contributed by atoms with Gasteiger partial charge in [-0.15, -0.1) is 0 Å². The van der Waals surface area contributed by atoms with Crippen LogP contribution in [0.4, 0.5) is 0 Å². The van der Waals surface area contributed by atoms with Gasteiger partial charge in [-0.3, -0.25) is 9.59 Å². The van der Waals surface area contributed by atoms with Crippen molar-refractivity contribution < 1.29 is 9.59 Å². The van der Waals surface area contributed by atoms with Crippen molar-refractivity contribution in [3.8, 4) is 0 Å². The average molecular weight is 659 g/mol. The Bertz CT molecular complexity index is 1860. The Hall–Kier alpha value is -4.16. The molecule has 5 heteroatoms. The highest BCUT2D eigenvalue weighted by Gasteiger charge is 2.29. The fourth-order valence-electron chi connectivity index (χ4n) is 4.73. The first-order valence-corrected chi connectivity index (χ1v) is 16.6. The van der Waals surface area contributed by atoms with Crippen LogP contribution in [-0.4, -0.2) is 11.6 Å². The lowest BCUT2D eigenvalue weighted by Gasteiger charge is -2.10. The van der Waals surface area contributed by atoms with Crippen LogP contribution in [0.2, 0.25) is 0 Å². The van der Waals surface area contributed by atoms with E-state index in [1.54, 1.807) is 11.8 Å². The maximum Gasteiger partial charge on any atom is 0.194 e. The second-order valence-corrected chi connectivity index (χ2v) is 13.8. The Balaban J connectivity index is 1.23. The van der Waals surface area contributed by atoms with E-state index in [0.29, 0.717) is 22.3 Å². The van der Waals surface area contributed by atoms with E-state index in [9.17, 15) is 9.59 Å². The number of halogens is 1. The predicted octanol–water partition coefficient (Wildman–Crippen LogP) is 10.2. The lowest BCUT2D eigenvalue weighted by atomic mass is 10.0. The van der Waals surface area contributed by atoms with Crippen molar-refractivity contribution in [2.45, 2.75) is 24.5 Å². The molecular weight excluding hydrogens is 632 g/mol. The van der Waals surface area contributed by atoms with E-state index in [2.05, 4.69) is 76.6 Å². The summed E-state index contributed by atoms with van der Waals surface area (Å²) in [6.07, 6.45) is 0. The molecule has 0 aromatic heterocycles. The number of carbonyl (C=O) groups is 2. The van der Waals surface area contributed by atoms with Crippen LogP contribution < -0.4 is 0 Å². The zero-order chi connectivity index (χ0) is 29.6. The van der Waals surface area contributed by atoms with Crippen LogP contribution in [0, 0.1) is 0 Å². The molecule has 43 heavy (non-hydrogen) atoms. The molecule has 2 nitrogen and oxygen atoms in total. The number of benzene rings is 6. The van der Waals surface area contributed by atoms with Crippen molar-refractivity contribution in [3.63, 3.8) is 0 Å². The third-order valence-corrected chi connectivity index (χ3v) is 10.8. The van der Waals surface area contributed by atoms with Gasteiger partial charge in [0, 0.05) is 36.5 Å². The Labute approximate surface area is 267 Å². The third kappa shape index (κ3) is 6.75. The minimum Gasteiger partial charge on any atom is -0.289 e. The fraction of sp³-hybridized carbons (Fsp3) is 0. The average Bonchev–Trinajstić information content (AvgIpc) is 3.07. The predicted molar refractivity (Wildman–Crippen MR) is 180 cm³/mol. The fourth-order valence-corrected chi connectivity index (χ4v) is 8.36. The Kier molecular flexibility index (Phi) is 9.04. The second kappa shape index (κ2) is 13.4. The van der Waals surface area contributed by atoms with Gasteiger partial charge in [-0.25, -0.2) is 0 Å². The zero-order valence-corrected chi connectivity index (χ0v) is 26.2. The second-order valence-electron chi connectivity index (χ2n) is 9.75. The van der Waals surface area contributed by atoms with E-state index in [0.717, 1.165) is 19.2 Å². The van der Waals surface area contributed by atoms with E-state index in [4.69, 9.17) is 0 Å². The summed E-state index contributed by atoms with van der Waals surface area (Å²) in [6, 6.07) is 51.7. The van der Waals surface area contributed by atoms with Crippen molar-refractivity contribution >= 4 is 50.2 Å². The first kappa shape index (κ1) is 28.9. The molecular formula is C38H26BrO2S2+. The molecule has 0 amide bonds. The zero-order valence-electron chi connectivity index (χ0n) is 23.0. The van der Waals surface area contributed by atoms with Gasteiger partial charge in [0.1, 0.15) is 0 Å². The van der Waals surface area contributed by atoms with Crippen LogP contribution in [0.3, 0.4) is 0 Å². The largest absolute Gasteiger partial charge is 0.289 e. The summed E-state index contributed by atoms with van der Waals surface area (Å²) in [7, 11) is -0.331. The molecule has 6 rings (SSSR count). The molecule has 0 N–H and O–H groups in total. The van der Waals surface area contributed by atoms with Crippen molar-refractivity contribution in [2.75, 3.05) is 0 Å². The molecule has 0 aliphatic heterocycles. The highest BCUT2D eigenvalue weighted by atomic mass is 79.9. The van der Waals surface area contributed by atoms with Crippen LogP contribution in [-0.2, 0) is 10.9 Å². The van der Waals surface area contributed by atoms with E-state index in [1.165, 1.54) is 9.79 Å². The maximum absolute atomic E-state index is 13.0. The summed E-state index contributed by atoms with van der Waals surface area (Å²) in [4.78, 5) is 31.6. The molecule has 6 aromatic carbocycles. The molecule has 0 spiro atoms. The van der Waals surface area contributed by atoms with Crippen LogP contribution >= 0.6 is 27.7 Å². The SMILES string of the molecule is O=C(c1ccccc1)c1ccc([S+](c2ccccc2)c2ccc(Sc3ccc(C(=O)c4ccccc4)c(Br)c3)cc2)cc1. The molecule has 0 radical (unpaired) electrons. The Morgan fingerprint density at radius 2 is 0.907 bits per heavy atom. The van der Waals surface area contributed by atoms with Gasteiger partial charge in [-0.05, 0) is 94.8 Å². The van der Waals surface area contributed by atoms with Gasteiger partial charge in [0.05, 0.1) is 10.9 Å². The minimum atomic E-state index is -0.331.